The summed E-state index contributed by atoms with van der Waals surface area (Å²) in [5, 5.41) is 11.2. The summed E-state index contributed by atoms with van der Waals surface area (Å²) in [5.74, 6) is 0. The van der Waals surface area contributed by atoms with Gasteiger partial charge in [-0.05, 0) is 23.8 Å². The van der Waals surface area contributed by atoms with Crippen LogP contribution in [0.5, 0.6) is 0 Å². The Morgan fingerprint density at radius 1 is 1.18 bits per heavy atom. The first-order valence-electron chi connectivity index (χ1n) is 4.88. The minimum Gasteiger partial charge on any atom is -0.392 e. The van der Waals surface area contributed by atoms with E-state index in [1.807, 2.05) is 18.2 Å². The minimum atomic E-state index is -0.0452. The Morgan fingerprint density at radius 2 is 2.00 bits per heavy atom. The number of hydrogen-bond acceptors (Lipinski definition) is 3. The fourth-order valence-corrected chi connectivity index (χ4v) is 2.62. The summed E-state index contributed by atoms with van der Waals surface area (Å²) in [5.41, 5.74) is 0.791. The van der Waals surface area contributed by atoms with E-state index in [-0.39, 0.29) is 6.61 Å². The van der Waals surface area contributed by atoms with E-state index in [1.54, 1.807) is 18.3 Å². The van der Waals surface area contributed by atoms with Crippen molar-refractivity contribution in [1.29, 1.82) is 0 Å². The molecule has 5 heteroatoms. The van der Waals surface area contributed by atoms with Crippen LogP contribution in [0.25, 0.3) is 0 Å². The van der Waals surface area contributed by atoms with Crippen molar-refractivity contribution in [1.82, 2.24) is 4.98 Å². The maximum absolute atomic E-state index is 9.25. The first kappa shape index (κ1) is 12.7. The van der Waals surface area contributed by atoms with Gasteiger partial charge in [-0.15, -0.1) is 0 Å². The van der Waals surface area contributed by atoms with Gasteiger partial charge in [0.1, 0.15) is 5.03 Å². The lowest BCUT2D eigenvalue weighted by Crippen LogP contribution is -1.89. The summed E-state index contributed by atoms with van der Waals surface area (Å²) in [7, 11) is 0. The van der Waals surface area contributed by atoms with Crippen molar-refractivity contribution in [2.24, 2.45) is 0 Å². The van der Waals surface area contributed by atoms with E-state index in [1.165, 1.54) is 11.8 Å². The number of nitrogens with zero attached hydrogens (tertiary/aromatic N) is 1. The van der Waals surface area contributed by atoms with Gasteiger partial charge in [-0.2, -0.15) is 0 Å². The van der Waals surface area contributed by atoms with Crippen molar-refractivity contribution < 1.29 is 5.11 Å². The molecule has 1 aromatic carbocycles. The van der Waals surface area contributed by atoms with Gasteiger partial charge >= 0.3 is 0 Å². The summed E-state index contributed by atoms with van der Waals surface area (Å²) in [4.78, 5) is 5.01. The molecule has 0 amide bonds. The van der Waals surface area contributed by atoms with Crippen molar-refractivity contribution in [2.75, 3.05) is 0 Å². The topological polar surface area (TPSA) is 33.1 Å². The number of pyridine rings is 1. The monoisotopic (exact) mass is 285 g/mol. The van der Waals surface area contributed by atoms with Crippen LogP contribution in [0.4, 0.5) is 0 Å². The van der Waals surface area contributed by atoms with Gasteiger partial charge in [0, 0.05) is 11.1 Å². The fraction of sp³-hybridized carbons (Fsp3) is 0.0833. The fourth-order valence-electron chi connectivity index (χ4n) is 1.32. The number of benzene rings is 1. The lowest BCUT2D eigenvalue weighted by atomic mass is 10.2. The van der Waals surface area contributed by atoms with Gasteiger partial charge in [0.2, 0.25) is 0 Å². The first-order valence-corrected chi connectivity index (χ1v) is 6.45. The maximum atomic E-state index is 9.25. The lowest BCUT2D eigenvalue weighted by Gasteiger charge is -2.08. The normalized spacial score (nSPS) is 10.5. The molecular weight excluding hydrogens is 277 g/mol. The van der Waals surface area contributed by atoms with Crippen molar-refractivity contribution in [3.63, 3.8) is 0 Å². The average Bonchev–Trinajstić information content (AvgIpc) is 2.34. The van der Waals surface area contributed by atoms with Gasteiger partial charge in [0.25, 0.3) is 0 Å². The molecule has 0 saturated carbocycles. The minimum absolute atomic E-state index is 0.0452. The molecule has 2 nitrogen and oxygen atoms in total. The third-order valence-corrected chi connectivity index (χ3v) is 3.91. The molecule has 0 saturated heterocycles. The summed E-state index contributed by atoms with van der Waals surface area (Å²) in [6, 6.07) is 9.03. The summed E-state index contributed by atoms with van der Waals surface area (Å²) in [6.45, 7) is -0.0452. The van der Waals surface area contributed by atoms with E-state index in [0.717, 1.165) is 15.5 Å². The summed E-state index contributed by atoms with van der Waals surface area (Å²) >= 11 is 13.3. The van der Waals surface area contributed by atoms with Crippen LogP contribution >= 0.6 is 35.0 Å². The van der Waals surface area contributed by atoms with E-state index in [2.05, 4.69) is 4.98 Å². The molecule has 17 heavy (non-hydrogen) atoms. The molecule has 0 aliphatic rings. The van der Waals surface area contributed by atoms with Crippen LogP contribution in [0.1, 0.15) is 5.56 Å². The number of aliphatic hydroxyl groups excluding tert-OH is 1. The number of hydrogen-bond donors (Lipinski definition) is 1. The predicted molar refractivity (Wildman–Crippen MR) is 70.7 cm³/mol. The second-order valence-corrected chi connectivity index (χ2v) is 5.18. The van der Waals surface area contributed by atoms with Crippen LogP contribution in [-0.2, 0) is 6.61 Å². The number of rotatable bonds is 3. The zero-order valence-corrected chi connectivity index (χ0v) is 11.1. The molecule has 88 valence electrons. The van der Waals surface area contributed by atoms with Crippen molar-refractivity contribution in [3.05, 3.63) is 52.1 Å². The van der Waals surface area contributed by atoms with E-state index >= 15 is 0 Å². The molecule has 1 heterocycles. The highest BCUT2D eigenvalue weighted by Gasteiger charge is 2.08. The molecule has 0 unspecified atom stereocenters. The molecule has 2 rings (SSSR count). The third-order valence-electron chi connectivity index (χ3n) is 2.13. The lowest BCUT2D eigenvalue weighted by molar-refractivity contribution is 0.279. The molecule has 1 aromatic heterocycles. The van der Waals surface area contributed by atoms with Crippen LogP contribution < -0.4 is 0 Å². The smallest absolute Gasteiger partial charge is 0.101 e. The van der Waals surface area contributed by atoms with Gasteiger partial charge < -0.3 is 5.11 Å². The van der Waals surface area contributed by atoms with Crippen LogP contribution in [0.15, 0.2) is 46.5 Å². The molecule has 2 aromatic rings. The highest BCUT2D eigenvalue weighted by molar-refractivity contribution is 7.99. The Labute approximate surface area is 114 Å². The van der Waals surface area contributed by atoms with Crippen LogP contribution in [0.2, 0.25) is 10.0 Å². The van der Waals surface area contributed by atoms with Gasteiger partial charge in [0.15, 0.2) is 0 Å². The van der Waals surface area contributed by atoms with Crippen molar-refractivity contribution in [3.8, 4) is 0 Å². The highest BCUT2D eigenvalue weighted by Crippen LogP contribution is 2.35. The van der Waals surface area contributed by atoms with Crippen molar-refractivity contribution in [2.45, 2.75) is 16.5 Å². The molecule has 0 atom stereocenters. The number of aliphatic hydroxyl groups is 1. The maximum Gasteiger partial charge on any atom is 0.101 e. The van der Waals surface area contributed by atoms with E-state index in [0.29, 0.717) is 10.0 Å². The van der Waals surface area contributed by atoms with Crippen molar-refractivity contribution >= 4 is 35.0 Å². The molecule has 0 bridgehead atoms. The SMILES string of the molecule is OCc1cccc(Cl)c1Sc1ccc(Cl)cn1. The van der Waals surface area contributed by atoms with Gasteiger partial charge in [-0.25, -0.2) is 4.98 Å². The summed E-state index contributed by atoms with van der Waals surface area (Å²) < 4.78 is 0. The Hall–Kier alpha value is -0.740. The van der Waals surface area contributed by atoms with E-state index in [9.17, 15) is 5.11 Å². The Bertz CT molecular complexity index is 516. The number of aromatic nitrogens is 1. The summed E-state index contributed by atoms with van der Waals surface area (Å²) in [6.07, 6.45) is 1.58. The molecular formula is C12H9Cl2NOS. The van der Waals surface area contributed by atoms with E-state index < -0.39 is 0 Å². The van der Waals surface area contributed by atoms with Gasteiger partial charge in [-0.1, -0.05) is 47.1 Å². The molecule has 0 fully saturated rings. The second kappa shape index (κ2) is 5.74. The molecule has 0 aliphatic carbocycles. The average molecular weight is 286 g/mol. The van der Waals surface area contributed by atoms with Crippen LogP contribution in [-0.4, -0.2) is 10.1 Å². The Kier molecular flexibility index (Phi) is 4.29. The quantitative estimate of drug-likeness (QED) is 0.924. The first-order chi connectivity index (χ1) is 8.20. The third kappa shape index (κ3) is 3.13. The Morgan fingerprint density at radius 3 is 2.65 bits per heavy atom. The largest absolute Gasteiger partial charge is 0.392 e. The molecule has 0 radical (unpaired) electrons. The zero-order chi connectivity index (χ0) is 12.3. The molecule has 1 N–H and O–H groups in total. The molecule has 0 spiro atoms. The van der Waals surface area contributed by atoms with Crippen LogP contribution in [0.3, 0.4) is 0 Å². The second-order valence-electron chi connectivity index (χ2n) is 3.30. The predicted octanol–water partition coefficient (Wildman–Crippen LogP) is 4.03. The molecule has 0 aliphatic heterocycles. The van der Waals surface area contributed by atoms with Crippen LogP contribution in [0, 0.1) is 0 Å². The highest BCUT2D eigenvalue weighted by atomic mass is 35.5. The number of halogens is 2. The van der Waals surface area contributed by atoms with Gasteiger partial charge in [-0.3, -0.25) is 0 Å². The standard InChI is InChI=1S/C12H9Cl2NOS/c13-9-4-5-11(15-6-9)17-12-8(7-16)2-1-3-10(12)14/h1-6,16H,7H2. The van der Waals surface area contributed by atoms with Gasteiger partial charge in [0.05, 0.1) is 16.7 Å². The Balaban J connectivity index is 2.32. The van der Waals surface area contributed by atoms with E-state index in [4.69, 9.17) is 23.2 Å². The zero-order valence-electron chi connectivity index (χ0n) is 8.73.